The van der Waals surface area contributed by atoms with Gasteiger partial charge in [0.25, 0.3) is 0 Å². The highest BCUT2D eigenvalue weighted by molar-refractivity contribution is 5.08. The number of ether oxygens (including phenoxy) is 1. The Hall–Kier alpha value is -1.16. The molecule has 0 amide bonds. The predicted molar refractivity (Wildman–Crippen MR) is 105 cm³/mol. The summed E-state index contributed by atoms with van der Waals surface area (Å²) in [4.78, 5) is 0. The topological polar surface area (TPSA) is 49.7 Å². The van der Waals surface area contributed by atoms with Crippen molar-refractivity contribution in [2.45, 2.75) is 77.8 Å². The Morgan fingerprint density at radius 1 is 1.36 bits per heavy atom. The number of aliphatic hydroxyl groups is 2. The Balaban J connectivity index is 2.36. The van der Waals surface area contributed by atoms with Crippen molar-refractivity contribution in [1.29, 1.82) is 0 Å². The van der Waals surface area contributed by atoms with Crippen LogP contribution in [-0.4, -0.2) is 28.2 Å². The molecule has 0 radical (unpaired) electrons. The lowest BCUT2D eigenvalue weighted by molar-refractivity contribution is -0.290. The zero-order chi connectivity index (χ0) is 18.9. The second-order valence-electron chi connectivity index (χ2n) is 7.53. The van der Waals surface area contributed by atoms with Crippen molar-refractivity contribution in [2.24, 2.45) is 11.8 Å². The molecule has 1 aliphatic heterocycles. The van der Waals surface area contributed by atoms with Crippen LogP contribution in [0.4, 0.5) is 0 Å². The lowest BCUT2D eigenvalue weighted by Crippen LogP contribution is -2.50. The number of hydrogen-bond acceptors (Lipinski definition) is 3. The van der Waals surface area contributed by atoms with E-state index in [0.717, 1.165) is 19.3 Å². The van der Waals surface area contributed by atoms with Crippen LogP contribution in [-0.2, 0) is 4.74 Å². The van der Waals surface area contributed by atoms with E-state index in [0.29, 0.717) is 18.8 Å². The maximum Gasteiger partial charge on any atom is 0.168 e. The summed E-state index contributed by atoms with van der Waals surface area (Å²) in [6, 6.07) is 0. The lowest BCUT2D eigenvalue weighted by Gasteiger charge is -2.42. The molecule has 0 spiro atoms. The maximum atomic E-state index is 10.2. The van der Waals surface area contributed by atoms with Gasteiger partial charge in [-0.25, -0.2) is 0 Å². The summed E-state index contributed by atoms with van der Waals surface area (Å²) in [6.45, 7) is 11.6. The largest absolute Gasteiger partial charge is 0.393 e. The Kier molecular flexibility index (Phi) is 9.41. The highest BCUT2D eigenvalue weighted by atomic mass is 16.6. The van der Waals surface area contributed by atoms with E-state index in [2.05, 4.69) is 38.7 Å². The lowest BCUT2D eigenvalue weighted by atomic mass is 9.87. The Morgan fingerprint density at radius 3 is 2.72 bits per heavy atom. The van der Waals surface area contributed by atoms with E-state index >= 15 is 0 Å². The molecule has 1 heterocycles. The van der Waals surface area contributed by atoms with Crippen molar-refractivity contribution in [3.05, 3.63) is 48.6 Å². The Bertz CT molecular complexity index is 488. The molecular weight excluding hydrogens is 312 g/mol. The molecule has 2 N–H and O–H groups in total. The van der Waals surface area contributed by atoms with Crippen LogP contribution in [0.2, 0.25) is 0 Å². The van der Waals surface area contributed by atoms with Gasteiger partial charge >= 0.3 is 0 Å². The minimum atomic E-state index is -1.25. The van der Waals surface area contributed by atoms with Gasteiger partial charge in [-0.05, 0) is 45.4 Å². The zero-order valence-corrected chi connectivity index (χ0v) is 16.3. The van der Waals surface area contributed by atoms with Crippen molar-refractivity contribution in [3.63, 3.8) is 0 Å². The number of hydrogen-bond donors (Lipinski definition) is 2. The molecule has 1 fully saturated rings. The first kappa shape index (κ1) is 21.9. The Labute approximate surface area is 153 Å². The van der Waals surface area contributed by atoms with Gasteiger partial charge in [-0.1, -0.05) is 55.9 Å². The first-order chi connectivity index (χ1) is 11.8. The molecule has 3 nitrogen and oxygen atoms in total. The summed E-state index contributed by atoms with van der Waals surface area (Å²) < 4.78 is 5.69. The van der Waals surface area contributed by atoms with Crippen molar-refractivity contribution in [2.75, 3.05) is 0 Å². The van der Waals surface area contributed by atoms with Gasteiger partial charge in [0.1, 0.15) is 0 Å². The molecule has 0 aromatic heterocycles. The first-order valence-corrected chi connectivity index (χ1v) is 9.44. The van der Waals surface area contributed by atoms with Crippen molar-refractivity contribution >= 4 is 0 Å². The van der Waals surface area contributed by atoms with Gasteiger partial charge in [0, 0.05) is 12.3 Å². The zero-order valence-electron chi connectivity index (χ0n) is 16.3. The van der Waals surface area contributed by atoms with Gasteiger partial charge in [-0.15, -0.1) is 6.58 Å². The minimum Gasteiger partial charge on any atom is -0.393 e. The molecule has 0 aromatic carbocycles. The van der Waals surface area contributed by atoms with E-state index in [1.54, 1.807) is 6.92 Å². The summed E-state index contributed by atoms with van der Waals surface area (Å²) in [7, 11) is 0. The summed E-state index contributed by atoms with van der Waals surface area (Å²) in [6.07, 6.45) is 16.4. The third kappa shape index (κ3) is 8.17. The van der Waals surface area contributed by atoms with E-state index < -0.39 is 11.9 Å². The standard InChI is InChI=1S/C22H36O3/c1-6-7-9-12-17(2)15-18(3)13-10-8-11-14-20-16-21(23)19(4)22(5,24)25-20/h6,8,10-13,18-21,23-24H,1,7,9,14-16H2,2-5H3. The van der Waals surface area contributed by atoms with E-state index in [9.17, 15) is 10.2 Å². The number of allylic oxidation sites excluding steroid dienone is 6. The van der Waals surface area contributed by atoms with Crippen LogP contribution in [0.25, 0.3) is 0 Å². The van der Waals surface area contributed by atoms with Crippen molar-refractivity contribution < 1.29 is 14.9 Å². The molecule has 5 unspecified atom stereocenters. The second-order valence-corrected chi connectivity index (χ2v) is 7.53. The third-order valence-electron chi connectivity index (χ3n) is 4.93. The van der Waals surface area contributed by atoms with E-state index in [4.69, 9.17) is 4.74 Å². The van der Waals surface area contributed by atoms with Gasteiger partial charge in [0.15, 0.2) is 5.79 Å². The monoisotopic (exact) mass is 348 g/mol. The van der Waals surface area contributed by atoms with Crippen LogP contribution in [0.3, 0.4) is 0 Å². The van der Waals surface area contributed by atoms with Crippen molar-refractivity contribution in [1.82, 2.24) is 0 Å². The van der Waals surface area contributed by atoms with Gasteiger partial charge in [0.05, 0.1) is 12.2 Å². The molecule has 0 aliphatic carbocycles. The molecule has 1 aliphatic rings. The average Bonchev–Trinajstić information content (AvgIpc) is 2.52. The van der Waals surface area contributed by atoms with Gasteiger partial charge < -0.3 is 14.9 Å². The van der Waals surface area contributed by atoms with Crippen LogP contribution >= 0.6 is 0 Å². The summed E-state index contributed by atoms with van der Waals surface area (Å²) >= 11 is 0. The number of aliphatic hydroxyl groups excluding tert-OH is 1. The molecule has 0 bridgehead atoms. The van der Waals surface area contributed by atoms with Gasteiger partial charge in [-0.3, -0.25) is 0 Å². The smallest absolute Gasteiger partial charge is 0.168 e. The summed E-state index contributed by atoms with van der Waals surface area (Å²) in [5, 5.41) is 20.2. The molecule has 3 heteroatoms. The first-order valence-electron chi connectivity index (χ1n) is 9.44. The van der Waals surface area contributed by atoms with Gasteiger partial charge in [-0.2, -0.15) is 0 Å². The SMILES string of the molecule is C=CCCC=C(C)CC(C)C=CC=CCC1CC(O)C(C)C(C)(O)O1. The second kappa shape index (κ2) is 10.7. The fourth-order valence-electron chi connectivity index (χ4n) is 3.14. The van der Waals surface area contributed by atoms with Crippen LogP contribution in [0.1, 0.15) is 59.8 Å². The van der Waals surface area contributed by atoms with E-state index in [-0.39, 0.29) is 12.0 Å². The van der Waals surface area contributed by atoms with Gasteiger partial charge in [0.2, 0.25) is 0 Å². The normalized spacial score (nSPS) is 32.4. The number of rotatable bonds is 9. The molecule has 25 heavy (non-hydrogen) atoms. The maximum absolute atomic E-state index is 10.2. The minimum absolute atomic E-state index is 0.140. The van der Waals surface area contributed by atoms with Crippen LogP contribution in [0.15, 0.2) is 48.6 Å². The molecule has 1 saturated heterocycles. The average molecular weight is 349 g/mol. The quantitative estimate of drug-likeness (QED) is 0.353. The van der Waals surface area contributed by atoms with Crippen LogP contribution in [0.5, 0.6) is 0 Å². The van der Waals surface area contributed by atoms with E-state index in [1.165, 1.54) is 5.57 Å². The molecular formula is C22H36O3. The third-order valence-corrected chi connectivity index (χ3v) is 4.93. The molecule has 142 valence electrons. The van der Waals surface area contributed by atoms with Crippen LogP contribution < -0.4 is 0 Å². The highest BCUT2D eigenvalue weighted by Gasteiger charge is 2.42. The van der Waals surface area contributed by atoms with Crippen LogP contribution in [0, 0.1) is 11.8 Å². The molecule has 0 saturated carbocycles. The summed E-state index contributed by atoms with van der Waals surface area (Å²) in [5.41, 5.74) is 1.42. The Morgan fingerprint density at radius 2 is 2.08 bits per heavy atom. The predicted octanol–water partition coefficient (Wildman–Crippen LogP) is 4.92. The van der Waals surface area contributed by atoms with Crippen molar-refractivity contribution in [3.8, 4) is 0 Å². The molecule has 1 rings (SSSR count). The number of unbranched alkanes of at least 4 members (excludes halogenated alkanes) is 1. The fourth-order valence-corrected chi connectivity index (χ4v) is 3.14. The molecule has 0 aromatic rings. The molecule has 5 atom stereocenters. The fraction of sp³-hybridized carbons (Fsp3) is 0.636. The highest BCUT2D eigenvalue weighted by Crippen LogP contribution is 2.33. The van der Waals surface area contributed by atoms with E-state index in [1.807, 2.05) is 25.2 Å². The summed E-state index contributed by atoms with van der Waals surface area (Å²) in [5.74, 6) is -1.02.